The summed E-state index contributed by atoms with van der Waals surface area (Å²) in [7, 11) is 0. The minimum atomic E-state index is -0.417. The zero-order valence-electron chi connectivity index (χ0n) is 19.4. The fourth-order valence-corrected chi connectivity index (χ4v) is 4.43. The van der Waals surface area contributed by atoms with Crippen molar-refractivity contribution in [2.24, 2.45) is 17.8 Å². The number of halogens is 1. The molecule has 0 saturated carbocycles. The number of aryl methyl sites for hydroxylation is 1. The molecule has 0 amide bonds. The Balaban J connectivity index is 1.43. The summed E-state index contributed by atoms with van der Waals surface area (Å²) in [4.78, 5) is 23.3. The molecule has 180 valence electrons. The van der Waals surface area contributed by atoms with Gasteiger partial charge in [-0.25, -0.2) is 9.97 Å². The van der Waals surface area contributed by atoms with Crippen LogP contribution in [0.25, 0.3) is 0 Å². The molecule has 1 atom stereocenters. The number of carbonyl (C=O) groups excluding carboxylic acids is 1. The highest BCUT2D eigenvalue weighted by Crippen LogP contribution is 2.29. The first kappa shape index (κ1) is 25.4. The summed E-state index contributed by atoms with van der Waals surface area (Å²) in [6.07, 6.45) is 6.59. The van der Waals surface area contributed by atoms with Crippen LogP contribution in [0.5, 0.6) is 5.75 Å². The van der Waals surface area contributed by atoms with Crippen LogP contribution in [0.15, 0.2) is 30.6 Å². The third-order valence-electron chi connectivity index (χ3n) is 6.56. The van der Waals surface area contributed by atoms with Crippen LogP contribution in [0.4, 0.5) is 5.95 Å². The average Bonchev–Trinajstić information content (AvgIpc) is 2.83. The second-order valence-electron chi connectivity index (χ2n) is 8.98. The lowest BCUT2D eigenvalue weighted by molar-refractivity contribution is 0.0878. The van der Waals surface area contributed by atoms with Crippen molar-refractivity contribution in [1.82, 2.24) is 9.97 Å². The van der Waals surface area contributed by atoms with Crippen molar-refractivity contribution >= 4 is 23.3 Å². The molecule has 2 N–H and O–H groups in total. The van der Waals surface area contributed by atoms with E-state index in [1.807, 2.05) is 19.1 Å². The van der Waals surface area contributed by atoms with Gasteiger partial charge >= 0.3 is 0 Å². The van der Waals surface area contributed by atoms with Crippen molar-refractivity contribution in [3.8, 4) is 5.75 Å². The molecule has 1 aliphatic rings. The van der Waals surface area contributed by atoms with E-state index in [1.54, 1.807) is 18.5 Å². The molecule has 1 aromatic carbocycles. The first-order valence-corrected chi connectivity index (χ1v) is 12.0. The number of nitrogens with zero attached hydrogens (tertiary/aromatic N) is 3. The largest absolute Gasteiger partial charge is 0.494 e. The molecule has 7 nitrogen and oxygen atoms in total. The van der Waals surface area contributed by atoms with Crippen molar-refractivity contribution < 1.29 is 19.7 Å². The number of aliphatic hydroxyl groups excluding tert-OH is 2. The second-order valence-corrected chi connectivity index (χ2v) is 9.41. The molecular weight excluding hydrogens is 442 g/mol. The van der Waals surface area contributed by atoms with Crippen LogP contribution in [0.3, 0.4) is 0 Å². The number of ketones is 1. The van der Waals surface area contributed by atoms with Crippen molar-refractivity contribution in [3.05, 3.63) is 46.7 Å². The van der Waals surface area contributed by atoms with Crippen LogP contribution in [0.2, 0.25) is 5.02 Å². The number of aliphatic hydroxyl groups is 2. The molecule has 0 spiro atoms. The predicted molar refractivity (Wildman–Crippen MR) is 129 cm³/mol. The van der Waals surface area contributed by atoms with Crippen molar-refractivity contribution in [3.63, 3.8) is 0 Å². The van der Waals surface area contributed by atoms with E-state index in [-0.39, 0.29) is 25.4 Å². The Bertz CT molecular complexity index is 897. The topological polar surface area (TPSA) is 95.8 Å². The molecule has 1 aliphatic heterocycles. The summed E-state index contributed by atoms with van der Waals surface area (Å²) in [5, 5.41) is 19.0. The highest BCUT2D eigenvalue weighted by molar-refractivity contribution is 6.30. The van der Waals surface area contributed by atoms with Gasteiger partial charge in [0.2, 0.25) is 5.95 Å². The van der Waals surface area contributed by atoms with Gasteiger partial charge in [0.05, 0.1) is 24.0 Å². The molecule has 1 aromatic heterocycles. The summed E-state index contributed by atoms with van der Waals surface area (Å²) in [6, 6.07) is 5.48. The normalized spacial score (nSPS) is 15.6. The molecule has 0 aliphatic carbocycles. The van der Waals surface area contributed by atoms with Gasteiger partial charge < -0.3 is 19.8 Å². The fraction of sp³-hybridized carbons (Fsp3) is 0.560. The molecule has 2 aromatic rings. The van der Waals surface area contributed by atoms with E-state index in [4.69, 9.17) is 16.3 Å². The number of anilines is 1. The molecule has 0 unspecified atom stereocenters. The number of hydrogen-bond donors (Lipinski definition) is 2. The maximum atomic E-state index is 12.4. The number of ether oxygens (including phenoxy) is 1. The van der Waals surface area contributed by atoms with E-state index >= 15 is 0 Å². The first-order chi connectivity index (χ1) is 15.9. The SMILES string of the molecule is Cc1cc(OCC[C@@H](C)C2CCN(c3ncc(Cl)cn3)CC2)ccc1C(=O)CC(CO)CO. The van der Waals surface area contributed by atoms with E-state index < -0.39 is 5.92 Å². The molecular formula is C25H34ClN3O4. The number of aromatic nitrogens is 2. The first-order valence-electron chi connectivity index (χ1n) is 11.6. The lowest BCUT2D eigenvalue weighted by Crippen LogP contribution is -2.36. The van der Waals surface area contributed by atoms with Gasteiger partial charge in [0.1, 0.15) is 5.75 Å². The highest BCUT2D eigenvalue weighted by atomic mass is 35.5. The van der Waals surface area contributed by atoms with Crippen molar-refractivity contribution in [2.75, 3.05) is 37.8 Å². The summed E-state index contributed by atoms with van der Waals surface area (Å²) in [6.45, 7) is 6.29. The number of Topliss-reactive ketones (excluding diaryl/α,β-unsaturated/α-hetero) is 1. The van der Waals surface area contributed by atoms with Crippen LogP contribution >= 0.6 is 11.6 Å². The smallest absolute Gasteiger partial charge is 0.225 e. The van der Waals surface area contributed by atoms with E-state index in [0.717, 1.165) is 49.6 Å². The second kappa shape index (κ2) is 12.3. The zero-order valence-corrected chi connectivity index (χ0v) is 20.2. The Kier molecular flexibility index (Phi) is 9.47. The number of piperidine rings is 1. The van der Waals surface area contributed by atoms with E-state index in [2.05, 4.69) is 21.8 Å². The van der Waals surface area contributed by atoms with Gasteiger partial charge in [-0.1, -0.05) is 18.5 Å². The number of rotatable bonds is 11. The average molecular weight is 476 g/mol. The van der Waals surface area contributed by atoms with Gasteiger partial charge in [0.15, 0.2) is 5.78 Å². The lowest BCUT2D eigenvalue weighted by atomic mass is 9.84. The van der Waals surface area contributed by atoms with E-state index in [1.165, 1.54) is 0 Å². The van der Waals surface area contributed by atoms with Gasteiger partial charge in [0, 0.05) is 44.2 Å². The van der Waals surface area contributed by atoms with Crippen LogP contribution in [0.1, 0.15) is 48.5 Å². The molecule has 1 fully saturated rings. The monoisotopic (exact) mass is 475 g/mol. The predicted octanol–water partition coefficient (Wildman–Crippen LogP) is 3.93. The molecule has 2 heterocycles. The fourth-order valence-electron chi connectivity index (χ4n) is 4.33. The molecule has 8 heteroatoms. The Labute approximate surface area is 200 Å². The van der Waals surface area contributed by atoms with Gasteiger partial charge in [-0.15, -0.1) is 0 Å². The lowest BCUT2D eigenvalue weighted by Gasteiger charge is -2.34. The van der Waals surface area contributed by atoms with Crippen LogP contribution in [0, 0.1) is 24.7 Å². The van der Waals surface area contributed by atoms with Crippen LogP contribution < -0.4 is 9.64 Å². The van der Waals surface area contributed by atoms with Gasteiger partial charge in [-0.2, -0.15) is 0 Å². The Morgan fingerprint density at radius 2 is 1.88 bits per heavy atom. The van der Waals surface area contributed by atoms with Gasteiger partial charge in [-0.05, 0) is 61.8 Å². The zero-order chi connectivity index (χ0) is 23.8. The molecule has 33 heavy (non-hydrogen) atoms. The highest BCUT2D eigenvalue weighted by Gasteiger charge is 2.25. The van der Waals surface area contributed by atoms with E-state index in [0.29, 0.717) is 29.0 Å². The summed E-state index contributed by atoms with van der Waals surface area (Å²) in [5.74, 6) is 2.20. The van der Waals surface area contributed by atoms with E-state index in [9.17, 15) is 15.0 Å². The summed E-state index contributed by atoms with van der Waals surface area (Å²) < 4.78 is 5.97. The van der Waals surface area contributed by atoms with Crippen LogP contribution in [-0.4, -0.2) is 58.9 Å². The maximum Gasteiger partial charge on any atom is 0.225 e. The van der Waals surface area contributed by atoms with Crippen LogP contribution in [-0.2, 0) is 0 Å². The standard InChI is InChI=1S/C25H34ClN3O4/c1-17(20-5-8-29(9-6-20)25-27-13-21(26)14-28-25)7-10-33-22-3-4-23(18(2)11-22)24(32)12-19(15-30)16-31/h3-4,11,13-14,17,19-20,30-31H,5-10,12,15-16H2,1-2H3/t17-/m1/s1. The quantitative estimate of drug-likeness (QED) is 0.475. The summed E-state index contributed by atoms with van der Waals surface area (Å²) >= 11 is 5.88. The minimum absolute atomic E-state index is 0.0730. The van der Waals surface area contributed by atoms with Crippen molar-refractivity contribution in [1.29, 1.82) is 0 Å². The summed E-state index contributed by atoms with van der Waals surface area (Å²) in [5.41, 5.74) is 1.45. The number of benzene rings is 1. The molecule has 0 bridgehead atoms. The van der Waals surface area contributed by atoms with Gasteiger partial charge in [-0.3, -0.25) is 4.79 Å². The number of carbonyl (C=O) groups is 1. The Morgan fingerprint density at radius 1 is 1.21 bits per heavy atom. The Hall–Kier alpha value is -2.22. The molecule has 1 saturated heterocycles. The van der Waals surface area contributed by atoms with Crippen molar-refractivity contribution in [2.45, 2.75) is 39.5 Å². The molecule has 0 radical (unpaired) electrons. The third-order valence-corrected chi connectivity index (χ3v) is 6.76. The third kappa shape index (κ3) is 7.13. The minimum Gasteiger partial charge on any atom is -0.494 e. The van der Waals surface area contributed by atoms with Gasteiger partial charge in [0.25, 0.3) is 0 Å². The molecule has 3 rings (SSSR count). The maximum absolute atomic E-state index is 12.4. The number of hydrogen-bond acceptors (Lipinski definition) is 7. The Morgan fingerprint density at radius 3 is 2.48 bits per heavy atom.